The Balaban J connectivity index is 2.10. The Labute approximate surface area is 90.6 Å². The minimum atomic E-state index is -0.200. The van der Waals surface area contributed by atoms with Crippen LogP contribution >= 0.6 is 0 Å². The smallest absolute Gasteiger partial charge is 0.257 e. The zero-order valence-electron chi connectivity index (χ0n) is 9.33. The highest BCUT2D eigenvalue weighted by molar-refractivity contribution is 5.96. The van der Waals surface area contributed by atoms with Gasteiger partial charge in [0.15, 0.2) is 0 Å². The third kappa shape index (κ3) is 4.00. The molecule has 0 aromatic heterocycles. The molecule has 1 rings (SSSR count). The van der Waals surface area contributed by atoms with Crippen LogP contribution in [0.2, 0.25) is 0 Å². The minimum absolute atomic E-state index is 0.0571. The minimum Gasteiger partial charge on any atom is -0.351 e. The van der Waals surface area contributed by atoms with Crippen LogP contribution in [0.25, 0.3) is 0 Å². The number of rotatable bonds is 6. The monoisotopic (exact) mass is 213 g/mol. The summed E-state index contributed by atoms with van der Waals surface area (Å²) in [6.07, 6.45) is 6.02. The van der Waals surface area contributed by atoms with Crippen LogP contribution in [0, 0.1) is 0 Å². The molecule has 0 atom stereocenters. The van der Waals surface area contributed by atoms with Crippen LogP contribution in [-0.4, -0.2) is 30.1 Å². The SMILES string of the molecule is CCCCCCCC(=O)N1COCC1=O. The fourth-order valence-electron chi connectivity index (χ4n) is 1.60. The van der Waals surface area contributed by atoms with Crippen LogP contribution in [0.4, 0.5) is 0 Å². The van der Waals surface area contributed by atoms with Gasteiger partial charge in [-0.2, -0.15) is 0 Å². The quantitative estimate of drug-likeness (QED) is 0.631. The van der Waals surface area contributed by atoms with Gasteiger partial charge in [-0.3, -0.25) is 14.5 Å². The molecule has 0 bridgehead atoms. The first-order valence-electron chi connectivity index (χ1n) is 5.66. The van der Waals surface area contributed by atoms with Crippen molar-refractivity contribution < 1.29 is 14.3 Å². The lowest BCUT2D eigenvalue weighted by atomic mass is 10.1. The van der Waals surface area contributed by atoms with E-state index in [4.69, 9.17) is 4.74 Å². The Morgan fingerprint density at radius 1 is 1.33 bits per heavy atom. The largest absolute Gasteiger partial charge is 0.351 e. The molecule has 4 nitrogen and oxygen atoms in total. The van der Waals surface area contributed by atoms with E-state index in [-0.39, 0.29) is 25.2 Å². The molecule has 2 amide bonds. The molecule has 15 heavy (non-hydrogen) atoms. The Kier molecular flexibility index (Phi) is 5.32. The van der Waals surface area contributed by atoms with Crippen LogP contribution < -0.4 is 0 Å². The normalized spacial score (nSPS) is 16.1. The fraction of sp³-hybridized carbons (Fsp3) is 0.818. The van der Waals surface area contributed by atoms with Gasteiger partial charge in [0.05, 0.1) is 0 Å². The summed E-state index contributed by atoms with van der Waals surface area (Å²) in [5, 5.41) is 0. The number of carbonyl (C=O) groups excluding carboxylic acids is 2. The first kappa shape index (κ1) is 12.2. The van der Waals surface area contributed by atoms with Gasteiger partial charge in [0, 0.05) is 6.42 Å². The van der Waals surface area contributed by atoms with E-state index in [1.807, 2.05) is 0 Å². The molecule has 0 radical (unpaired) electrons. The number of unbranched alkanes of at least 4 members (excludes halogenated alkanes) is 4. The van der Waals surface area contributed by atoms with E-state index in [0.29, 0.717) is 6.42 Å². The van der Waals surface area contributed by atoms with Crippen LogP contribution in [0.3, 0.4) is 0 Å². The maximum absolute atomic E-state index is 11.5. The highest BCUT2D eigenvalue weighted by atomic mass is 16.5. The lowest BCUT2D eigenvalue weighted by Gasteiger charge is -2.10. The lowest BCUT2D eigenvalue weighted by Crippen LogP contribution is -2.32. The maximum atomic E-state index is 11.5. The van der Waals surface area contributed by atoms with Crippen LogP contribution in [0.1, 0.15) is 45.4 Å². The Morgan fingerprint density at radius 3 is 2.67 bits per heavy atom. The zero-order chi connectivity index (χ0) is 11.1. The van der Waals surface area contributed by atoms with Crippen LogP contribution in [0.5, 0.6) is 0 Å². The van der Waals surface area contributed by atoms with Gasteiger partial charge in [0.25, 0.3) is 5.91 Å². The predicted molar refractivity (Wildman–Crippen MR) is 56.0 cm³/mol. The highest BCUT2D eigenvalue weighted by Crippen LogP contribution is 2.09. The Hall–Kier alpha value is -0.900. The van der Waals surface area contributed by atoms with Gasteiger partial charge in [-0.25, -0.2) is 0 Å². The van der Waals surface area contributed by atoms with Crippen molar-refractivity contribution in [2.24, 2.45) is 0 Å². The van der Waals surface area contributed by atoms with Crippen molar-refractivity contribution in [3.63, 3.8) is 0 Å². The molecular weight excluding hydrogens is 194 g/mol. The second-order valence-electron chi connectivity index (χ2n) is 3.86. The summed E-state index contributed by atoms with van der Waals surface area (Å²) in [7, 11) is 0. The van der Waals surface area contributed by atoms with Gasteiger partial charge < -0.3 is 4.74 Å². The Morgan fingerprint density at radius 2 is 2.07 bits per heavy atom. The van der Waals surface area contributed by atoms with Crippen molar-refractivity contribution in [3.8, 4) is 0 Å². The molecule has 4 heteroatoms. The molecule has 1 aliphatic rings. The molecule has 0 spiro atoms. The predicted octanol–water partition coefficient (Wildman–Crippen LogP) is 1.69. The van der Waals surface area contributed by atoms with E-state index in [9.17, 15) is 9.59 Å². The number of imide groups is 1. The summed E-state index contributed by atoms with van der Waals surface area (Å²) in [5.74, 6) is -0.289. The molecule has 1 aliphatic heterocycles. The number of amides is 2. The molecule has 0 N–H and O–H groups in total. The standard InChI is InChI=1S/C11H19NO3/c1-2-3-4-5-6-7-10(13)12-9-15-8-11(12)14/h2-9H2,1H3. The molecule has 0 aliphatic carbocycles. The lowest BCUT2D eigenvalue weighted by molar-refractivity contribution is -0.141. The summed E-state index contributed by atoms with van der Waals surface area (Å²) in [6.45, 7) is 2.36. The number of hydrogen-bond acceptors (Lipinski definition) is 3. The van der Waals surface area contributed by atoms with Crippen LogP contribution in [0.15, 0.2) is 0 Å². The molecular formula is C11H19NO3. The average molecular weight is 213 g/mol. The van der Waals surface area contributed by atoms with Crippen molar-refractivity contribution in [1.82, 2.24) is 4.90 Å². The maximum Gasteiger partial charge on any atom is 0.257 e. The molecule has 0 aromatic carbocycles. The van der Waals surface area contributed by atoms with E-state index in [2.05, 4.69) is 6.92 Å². The molecule has 1 fully saturated rings. The zero-order valence-corrected chi connectivity index (χ0v) is 9.33. The molecule has 0 aromatic rings. The second-order valence-corrected chi connectivity index (χ2v) is 3.86. The summed E-state index contributed by atoms with van der Waals surface area (Å²) in [5.41, 5.74) is 0. The van der Waals surface area contributed by atoms with E-state index in [1.54, 1.807) is 0 Å². The van der Waals surface area contributed by atoms with Crippen molar-refractivity contribution >= 4 is 11.8 Å². The molecule has 0 unspecified atom stereocenters. The summed E-state index contributed by atoms with van der Waals surface area (Å²) >= 11 is 0. The first-order chi connectivity index (χ1) is 7.25. The molecule has 86 valence electrons. The highest BCUT2D eigenvalue weighted by Gasteiger charge is 2.26. The van der Waals surface area contributed by atoms with Gasteiger partial charge >= 0.3 is 0 Å². The van der Waals surface area contributed by atoms with E-state index < -0.39 is 0 Å². The summed E-state index contributed by atoms with van der Waals surface area (Å²) in [4.78, 5) is 23.9. The van der Waals surface area contributed by atoms with Gasteiger partial charge in [0.1, 0.15) is 13.3 Å². The van der Waals surface area contributed by atoms with Gasteiger partial charge in [-0.15, -0.1) is 0 Å². The van der Waals surface area contributed by atoms with Gasteiger partial charge in [-0.1, -0.05) is 32.6 Å². The fourth-order valence-corrected chi connectivity index (χ4v) is 1.60. The number of nitrogens with zero attached hydrogens (tertiary/aromatic N) is 1. The van der Waals surface area contributed by atoms with E-state index in [1.165, 1.54) is 24.2 Å². The number of carbonyl (C=O) groups is 2. The Bertz CT molecular complexity index is 228. The third-order valence-corrected chi connectivity index (χ3v) is 2.54. The van der Waals surface area contributed by atoms with E-state index in [0.717, 1.165) is 12.8 Å². The summed E-state index contributed by atoms with van der Waals surface area (Å²) < 4.78 is 4.89. The second kappa shape index (κ2) is 6.56. The number of ether oxygens (including phenoxy) is 1. The number of hydrogen-bond donors (Lipinski definition) is 0. The van der Waals surface area contributed by atoms with Crippen molar-refractivity contribution in [2.75, 3.05) is 13.3 Å². The molecule has 1 saturated heterocycles. The van der Waals surface area contributed by atoms with E-state index >= 15 is 0 Å². The van der Waals surface area contributed by atoms with Gasteiger partial charge in [0.2, 0.25) is 5.91 Å². The van der Waals surface area contributed by atoms with Crippen molar-refractivity contribution in [2.45, 2.75) is 45.4 Å². The van der Waals surface area contributed by atoms with Crippen LogP contribution in [-0.2, 0) is 14.3 Å². The van der Waals surface area contributed by atoms with Gasteiger partial charge in [-0.05, 0) is 6.42 Å². The van der Waals surface area contributed by atoms with Crippen molar-refractivity contribution in [1.29, 1.82) is 0 Å². The topological polar surface area (TPSA) is 46.6 Å². The molecule has 0 saturated carbocycles. The first-order valence-corrected chi connectivity index (χ1v) is 5.66. The summed E-state index contributed by atoms with van der Waals surface area (Å²) in [6, 6.07) is 0. The third-order valence-electron chi connectivity index (χ3n) is 2.54. The van der Waals surface area contributed by atoms with Crippen molar-refractivity contribution in [3.05, 3.63) is 0 Å². The average Bonchev–Trinajstić information content (AvgIpc) is 2.64. The molecule has 1 heterocycles.